The SMILES string of the molecule is c1ccc(-c2cccc(-c3ccc4c(c3)c3ccccc3n4-c3nc(-c4ccc5oc(-c6ccccc6)nc5c4)nc(-c4ccc5sc6ccccc6c5c4)n3)c2)cc1. The molecule has 0 unspecified atom stereocenters. The Labute approximate surface area is 342 Å². The van der Waals surface area contributed by atoms with E-state index in [2.05, 4.69) is 144 Å². The molecule has 4 aromatic heterocycles. The van der Waals surface area contributed by atoms with Gasteiger partial charge in [-0.05, 0) is 101 Å². The molecule has 0 radical (unpaired) electrons. The standard InChI is InChI=1S/C52H31N5OS/c1-3-12-32(13-4-1)34-16-11-17-35(28-34)36-22-25-45-41(29-36)39-18-7-9-20-44(39)57(45)52-55-49(37-24-27-48-42(30-37)40-19-8-10-21-47(40)59-48)54-50(56-52)38-23-26-46-43(31-38)53-51(58-46)33-14-5-2-6-15-33/h1-31H. The Kier molecular flexibility index (Phi) is 7.61. The Balaban J connectivity index is 1.05. The van der Waals surface area contributed by atoms with E-state index in [0.29, 0.717) is 29.1 Å². The third-order valence-electron chi connectivity index (χ3n) is 11.1. The van der Waals surface area contributed by atoms with E-state index in [1.165, 1.54) is 31.3 Å². The fourth-order valence-electron chi connectivity index (χ4n) is 8.24. The van der Waals surface area contributed by atoms with E-state index < -0.39 is 0 Å². The van der Waals surface area contributed by atoms with Gasteiger partial charge in [0.05, 0.1) is 11.0 Å². The van der Waals surface area contributed by atoms with Crippen molar-refractivity contribution < 1.29 is 4.42 Å². The van der Waals surface area contributed by atoms with Crippen LogP contribution in [0, 0.1) is 0 Å². The van der Waals surface area contributed by atoms with E-state index in [-0.39, 0.29) is 0 Å². The van der Waals surface area contributed by atoms with Gasteiger partial charge >= 0.3 is 0 Å². The summed E-state index contributed by atoms with van der Waals surface area (Å²) in [5.74, 6) is 2.25. The number of oxazole rings is 1. The molecule has 12 aromatic rings. The van der Waals surface area contributed by atoms with Crippen molar-refractivity contribution >= 4 is 64.4 Å². The van der Waals surface area contributed by atoms with Crippen LogP contribution in [0.25, 0.3) is 116 Å². The van der Waals surface area contributed by atoms with Crippen LogP contribution >= 0.6 is 11.3 Å². The van der Waals surface area contributed by atoms with Crippen LogP contribution in [-0.2, 0) is 0 Å². The second kappa shape index (κ2) is 13.4. The summed E-state index contributed by atoms with van der Waals surface area (Å²) >= 11 is 1.80. The molecule has 7 heteroatoms. The van der Waals surface area contributed by atoms with E-state index in [9.17, 15) is 0 Å². The largest absolute Gasteiger partial charge is 0.436 e. The molecule has 0 saturated heterocycles. The Morgan fingerprint density at radius 2 is 0.966 bits per heavy atom. The highest BCUT2D eigenvalue weighted by Gasteiger charge is 2.20. The normalized spacial score (nSPS) is 11.7. The van der Waals surface area contributed by atoms with Crippen molar-refractivity contribution in [1.29, 1.82) is 0 Å². The molecular formula is C52H31N5OS. The van der Waals surface area contributed by atoms with Crippen molar-refractivity contribution in [3.05, 3.63) is 188 Å². The molecule has 0 atom stereocenters. The maximum Gasteiger partial charge on any atom is 0.238 e. The molecule has 0 aliphatic rings. The van der Waals surface area contributed by atoms with E-state index >= 15 is 0 Å². The first kappa shape index (κ1) is 33.4. The zero-order valence-corrected chi connectivity index (χ0v) is 32.3. The highest BCUT2D eigenvalue weighted by molar-refractivity contribution is 7.25. The molecule has 0 spiro atoms. The zero-order chi connectivity index (χ0) is 38.9. The molecule has 59 heavy (non-hydrogen) atoms. The number of para-hydroxylation sites is 1. The third-order valence-corrected chi connectivity index (χ3v) is 12.3. The van der Waals surface area contributed by atoms with Gasteiger partial charge in [0, 0.05) is 47.6 Å². The van der Waals surface area contributed by atoms with E-state index in [0.717, 1.165) is 55.1 Å². The maximum atomic E-state index is 6.19. The number of aromatic nitrogens is 5. The minimum absolute atomic E-state index is 0.538. The Hall–Kier alpha value is -7.74. The summed E-state index contributed by atoms with van der Waals surface area (Å²) in [6.45, 7) is 0. The Morgan fingerprint density at radius 3 is 1.80 bits per heavy atom. The van der Waals surface area contributed by atoms with Gasteiger partial charge in [0.2, 0.25) is 11.8 Å². The van der Waals surface area contributed by atoms with Crippen molar-refractivity contribution in [1.82, 2.24) is 24.5 Å². The number of benzene rings is 8. The number of thiophene rings is 1. The molecule has 4 heterocycles. The number of hydrogen-bond acceptors (Lipinski definition) is 6. The first-order valence-electron chi connectivity index (χ1n) is 19.5. The van der Waals surface area contributed by atoms with Crippen LogP contribution in [0.2, 0.25) is 0 Å². The minimum atomic E-state index is 0.538. The lowest BCUT2D eigenvalue weighted by molar-refractivity contribution is 0.620. The highest BCUT2D eigenvalue weighted by atomic mass is 32.1. The lowest BCUT2D eigenvalue weighted by Gasteiger charge is -2.11. The second-order valence-corrected chi connectivity index (χ2v) is 15.8. The van der Waals surface area contributed by atoms with Crippen LogP contribution in [-0.4, -0.2) is 24.5 Å². The number of rotatable bonds is 6. The fraction of sp³-hybridized carbons (Fsp3) is 0. The number of fused-ring (bicyclic) bond motifs is 7. The average Bonchev–Trinajstić information content (AvgIpc) is 4.01. The first-order valence-corrected chi connectivity index (χ1v) is 20.4. The summed E-state index contributed by atoms with van der Waals surface area (Å²) in [5.41, 5.74) is 10.8. The van der Waals surface area contributed by atoms with E-state index in [1.54, 1.807) is 11.3 Å². The van der Waals surface area contributed by atoms with Crippen LogP contribution in [0.3, 0.4) is 0 Å². The van der Waals surface area contributed by atoms with Gasteiger partial charge in [0.1, 0.15) is 5.52 Å². The van der Waals surface area contributed by atoms with Crippen LogP contribution in [0.15, 0.2) is 192 Å². The van der Waals surface area contributed by atoms with Gasteiger partial charge < -0.3 is 4.42 Å². The molecule has 0 bridgehead atoms. The maximum absolute atomic E-state index is 6.19. The monoisotopic (exact) mass is 773 g/mol. The number of hydrogen-bond donors (Lipinski definition) is 0. The van der Waals surface area contributed by atoms with Gasteiger partial charge in [-0.1, -0.05) is 109 Å². The van der Waals surface area contributed by atoms with Crippen LogP contribution in [0.1, 0.15) is 0 Å². The minimum Gasteiger partial charge on any atom is -0.436 e. The summed E-state index contributed by atoms with van der Waals surface area (Å²) in [6.07, 6.45) is 0. The van der Waals surface area contributed by atoms with Crippen molar-refractivity contribution in [2.45, 2.75) is 0 Å². The molecular weight excluding hydrogens is 743 g/mol. The summed E-state index contributed by atoms with van der Waals surface area (Å²) in [6, 6.07) is 65.4. The predicted molar refractivity (Wildman–Crippen MR) is 242 cm³/mol. The first-order chi connectivity index (χ1) is 29.2. The molecule has 0 aliphatic carbocycles. The molecule has 0 saturated carbocycles. The predicted octanol–water partition coefficient (Wildman–Crippen LogP) is 13.8. The lowest BCUT2D eigenvalue weighted by Crippen LogP contribution is -2.06. The van der Waals surface area contributed by atoms with Crippen LogP contribution in [0.5, 0.6) is 0 Å². The quantitative estimate of drug-likeness (QED) is 0.168. The molecule has 0 N–H and O–H groups in total. The molecule has 0 amide bonds. The van der Waals surface area contributed by atoms with Crippen LogP contribution in [0.4, 0.5) is 0 Å². The molecule has 6 nitrogen and oxygen atoms in total. The molecule has 0 aliphatic heterocycles. The van der Waals surface area contributed by atoms with Gasteiger partial charge in [-0.25, -0.2) is 9.97 Å². The Bertz CT molecular complexity index is 3570. The van der Waals surface area contributed by atoms with Crippen molar-refractivity contribution in [2.24, 2.45) is 0 Å². The van der Waals surface area contributed by atoms with Gasteiger partial charge in [-0.2, -0.15) is 9.97 Å². The summed E-state index contributed by atoms with van der Waals surface area (Å²) in [7, 11) is 0. The van der Waals surface area contributed by atoms with Crippen molar-refractivity contribution in [3.63, 3.8) is 0 Å². The van der Waals surface area contributed by atoms with E-state index in [1.807, 2.05) is 48.5 Å². The second-order valence-electron chi connectivity index (χ2n) is 14.7. The van der Waals surface area contributed by atoms with Gasteiger partial charge in [0.25, 0.3) is 0 Å². The Morgan fingerprint density at radius 1 is 0.373 bits per heavy atom. The molecule has 12 rings (SSSR count). The van der Waals surface area contributed by atoms with Crippen molar-refractivity contribution in [3.8, 4) is 62.4 Å². The zero-order valence-electron chi connectivity index (χ0n) is 31.5. The summed E-state index contributed by atoms with van der Waals surface area (Å²) in [4.78, 5) is 20.6. The molecule has 276 valence electrons. The van der Waals surface area contributed by atoms with Gasteiger partial charge in [-0.3, -0.25) is 4.57 Å². The third kappa shape index (κ3) is 5.70. The van der Waals surface area contributed by atoms with Crippen molar-refractivity contribution in [2.75, 3.05) is 0 Å². The van der Waals surface area contributed by atoms with Gasteiger partial charge in [0.15, 0.2) is 17.2 Å². The summed E-state index contributed by atoms with van der Waals surface area (Å²) < 4.78 is 10.8. The van der Waals surface area contributed by atoms with Crippen LogP contribution < -0.4 is 0 Å². The topological polar surface area (TPSA) is 69.6 Å². The average molecular weight is 774 g/mol. The fourth-order valence-corrected chi connectivity index (χ4v) is 9.32. The number of nitrogens with zero attached hydrogens (tertiary/aromatic N) is 5. The highest BCUT2D eigenvalue weighted by Crippen LogP contribution is 2.39. The van der Waals surface area contributed by atoms with E-state index in [4.69, 9.17) is 24.4 Å². The summed E-state index contributed by atoms with van der Waals surface area (Å²) in [5, 5.41) is 4.65. The molecule has 0 fully saturated rings. The van der Waals surface area contributed by atoms with Gasteiger partial charge in [-0.15, -0.1) is 11.3 Å². The smallest absolute Gasteiger partial charge is 0.238 e. The molecule has 8 aromatic carbocycles. The lowest BCUT2D eigenvalue weighted by atomic mass is 9.98.